The first-order chi connectivity index (χ1) is 15.4. The summed E-state index contributed by atoms with van der Waals surface area (Å²) in [6.45, 7) is 6.76. The molecule has 0 aromatic heterocycles. The van der Waals surface area contributed by atoms with E-state index in [9.17, 15) is 18.0 Å². The van der Waals surface area contributed by atoms with E-state index < -0.39 is 17.7 Å². The second-order valence-electron chi connectivity index (χ2n) is 10.1. The minimum absolute atomic E-state index is 0.147. The molecule has 1 aliphatic carbocycles. The second kappa shape index (κ2) is 10.2. The second-order valence-corrected chi connectivity index (χ2v) is 10.1. The van der Waals surface area contributed by atoms with Crippen LogP contribution in [-0.4, -0.2) is 57.4 Å². The standard InChI is InChI=1S/C25H35F3N2O3/c1-23(2)9-7-18(8-10-23)20-17-19(5-6-21(20)29-22(31)25(26,27)28)24(11-14-32-15-12-24)33-16-13-30(3)4/h5-7,17H,8-16H2,1-4H3,(H,29,31). The number of nitrogens with zero attached hydrogens (tertiary/aromatic N) is 1. The van der Waals surface area contributed by atoms with Gasteiger partial charge in [0.25, 0.3) is 0 Å². The number of hydrogen-bond acceptors (Lipinski definition) is 4. The summed E-state index contributed by atoms with van der Waals surface area (Å²) in [4.78, 5) is 13.8. The molecular weight excluding hydrogens is 433 g/mol. The van der Waals surface area contributed by atoms with Crippen molar-refractivity contribution in [3.05, 3.63) is 35.4 Å². The summed E-state index contributed by atoms with van der Waals surface area (Å²) < 4.78 is 50.9. The lowest BCUT2D eigenvalue weighted by atomic mass is 9.76. The summed E-state index contributed by atoms with van der Waals surface area (Å²) in [6, 6.07) is 5.28. The summed E-state index contributed by atoms with van der Waals surface area (Å²) >= 11 is 0. The number of hydrogen-bond donors (Lipinski definition) is 1. The third-order valence-electron chi connectivity index (χ3n) is 6.59. The fraction of sp³-hybridized carbons (Fsp3) is 0.640. The van der Waals surface area contributed by atoms with Gasteiger partial charge in [-0.15, -0.1) is 0 Å². The van der Waals surface area contributed by atoms with Crippen molar-refractivity contribution in [1.82, 2.24) is 4.90 Å². The normalized spacial score (nSPS) is 20.4. The lowest BCUT2D eigenvalue weighted by Gasteiger charge is -2.38. The number of nitrogens with one attached hydrogen (secondary N) is 1. The van der Waals surface area contributed by atoms with Crippen LogP contribution >= 0.6 is 0 Å². The van der Waals surface area contributed by atoms with E-state index in [1.807, 2.05) is 25.1 Å². The summed E-state index contributed by atoms with van der Waals surface area (Å²) in [7, 11) is 3.96. The van der Waals surface area contributed by atoms with Gasteiger partial charge in [0, 0.05) is 43.9 Å². The van der Waals surface area contributed by atoms with E-state index in [2.05, 4.69) is 25.2 Å². The minimum atomic E-state index is -4.95. The lowest BCUT2D eigenvalue weighted by Crippen LogP contribution is -2.38. The molecule has 3 rings (SSSR count). The van der Waals surface area contributed by atoms with E-state index >= 15 is 0 Å². The number of carbonyl (C=O) groups excluding carboxylic acids is 1. The Labute approximate surface area is 194 Å². The van der Waals surface area contributed by atoms with Gasteiger partial charge in [0.15, 0.2) is 0 Å². The van der Waals surface area contributed by atoms with Crippen molar-refractivity contribution in [1.29, 1.82) is 0 Å². The Bertz CT molecular complexity index is 872. The van der Waals surface area contributed by atoms with Crippen LogP contribution in [0.15, 0.2) is 24.3 Å². The minimum Gasteiger partial charge on any atom is -0.381 e. The molecule has 1 aromatic carbocycles. The van der Waals surface area contributed by atoms with E-state index in [-0.39, 0.29) is 11.1 Å². The average molecular weight is 469 g/mol. The maximum atomic E-state index is 13.0. The first-order valence-corrected chi connectivity index (χ1v) is 11.5. The van der Waals surface area contributed by atoms with Gasteiger partial charge in [-0.25, -0.2) is 0 Å². The van der Waals surface area contributed by atoms with Crippen molar-refractivity contribution in [3.8, 4) is 0 Å². The van der Waals surface area contributed by atoms with Gasteiger partial charge in [-0.3, -0.25) is 4.79 Å². The molecule has 2 aliphatic rings. The molecule has 0 radical (unpaired) electrons. The van der Waals surface area contributed by atoms with Crippen molar-refractivity contribution < 1.29 is 27.4 Å². The van der Waals surface area contributed by atoms with E-state index in [1.165, 1.54) is 0 Å². The molecule has 1 heterocycles. The highest BCUT2D eigenvalue weighted by atomic mass is 19.4. The first kappa shape index (κ1) is 25.7. The van der Waals surface area contributed by atoms with E-state index in [0.29, 0.717) is 38.2 Å². The largest absolute Gasteiger partial charge is 0.471 e. The average Bonchev–Trinajstić information content (AvgIpc) is 2.74. The first-order valence-electron chi connectivity index (χ1n) is 11.5. The van der Waals surface area contributed by atoms with E-state index in [1.54, 1.807) is 12.1 Å². The third-order valence-corrected chi connectivity index (χ3v) is 6.59. The van der Waals surface area contributed by atoms with Crippen LogP contribution < -0.4 is 5.32 Å². The number of carbonyl (C=O) groups is 1. The number of amides is 1. The molecule has 1 N–H and O–H groups in total. The Morgan fingerprint density at radius 1 is 1.18 bits per heavy atom. The lowest BCUT2D eigenvalue weighted by molar-refractivity contribution is -0.167. The van der Waals surface area contributed by atoms with Crippen LogP contribution in [0, 0.1) is 5.41 Å². The zero-order valence-corrected chi connectivity index (χ0v) is 20.0. The number of allylic oxidation sites excluding steroid dienone is 2. The van der Waals surface area contributed by atoms with Gasteiger partial charge < -0.3 is 19.7 Å². The Hall–Kier alpha value is -1.90. The Morgan fingerprint density at radius 2 is 1.88 bits per heavy atom. The predicted molar refractivity (Wildman–Crippen MR) is 123 cm³/mol. The van der Waals surface area contributed by atoms with Crippen LogP contribution in [0.3, 0.4) is 0 Å². The highest BCUT2D eigenvalue weighted by Crippen LogP contribution is 2.43. The number of rotatable bonds is 7. The van der Waals surface area contributed by atoms with Crippen molar-refractivity contribution in [2.45, 2.75) is 57.7 Å². The van der Waals surface area contributed by atoms with Gasteiger partial charge >= 0.3 is 12.1 Å². The number of halogens is 3. The molecule has 8 heteroatoms. The van der Waals surface area contributed by atoms with Crippen molar-refractivity contribution in [2.75, 3.05) is 45.8 Å². The Kier molecular flexibility index (Phi) is 7.91. The molecule has 0 spiro atoms. The molecule has 33 heavy (non-hydrogen) atoms. The molecule has 0 unspecified atom stereocenters. The van der Waals surface area contributed by atoms with Gasteiger partial charge in [-0.2, -0.15) is 13.2 Å². The van der Waals surface area contributed by atoms with Gasteiger partial charge in [0.05, 0.1) is 12.2 Å². The quantitative estimate of drug-likeness (QED) is 0.585. The summed E-state index contributed by atoms with van der Waals surface area (Å²) in [5.74, 6) is -1.96. The van der Waals surface area contributed by atoms with E-state index in [4.69, 9.17) is 9.47 Å². The van der Waals surface area contributed by atoms with Crippen LogP contribution in [0.25, 0.3) is 5.57 Å². The molecule has 184 valence electrons. The zero-order chi connectivity index (χ0) is 24.3. The monoisotopic (exact) mass is 468 g/mol. The fourth-order valence-corrected chi connectivity index (χ4v) is 4.36. The SMILES string of the molecule is CN(C)CCOC1(c2ccc(NC(=O)C(F)(F)F)c(C3=CCC(C)(C)CC3)c2)CCOCC1. The molecule has 1 fully saturated rings. The number of ether oxygens (including phenoxy) is 2. The molecule has 0 saturated carbocycles. The number of likely N-dealkylation sites (N-methyl/N-ethyl adjacent to an activating group) is 1. The van der Waals surface area contributed by atoms with Gasteiger partial charge in [0.2, 0.25) is 0 Å². The Morgan fingerprint density at radius 3 is 2.45 bits per heavy atom. The topological polar surface area (TPSA) is 50.8 Å². The Balaban J connectivity index is 2.00. The summed E-state index contributed by atoms with van der Waals surface area (Å²) in [5, 5.41) is 2.09. The van der Waals surface area contributed by atoms with Crippen LogP contribution in [0.5, 0.6) is 0 Å². The maximum absolute atomic E-state index is 13.0. The van der Waals surface area contributed by atoms with Gasteiger partial charge in [-0.05, 0) is 62.0 Å². The smallest absolute Gasteiger partial charge is 0.381 e. The molecule has 5 nitrogen and oxygen atoms in total. The summed E-state index contributed by atoms with van der Waals surface area (Å²) in [6.07, 6.45) is 0.973. The highest BCUT2D eigenvalue weighted by Gasteiger charge is 2.40. The van der Waals surface area contributed by atoms with Crippen molar-refractivity contribution in [3.63, 3.8) is 0 Å². The van der Waals surface area contributed by atoms with Crippen molar-refractivity contribution >= 4 is 17.2 Å². The molecule has 1 aromatic rings. The molecule has 1 amide bonds. The van der Waals surface area contributed by atoms with Crippen LogP contribution in [0.1, 0.15) is 57.1 Å². The van der Waals surface area contributed by atoms with Crippen LogP contribution in [0.4, 0.5) is 18.9 Å². The maximum Gasteiger partial charge on any atom is 0.471 e. The van der Waals surface area contributed by atoms with Gasteiger partial charge in [-0.1, -0.05) is 26.0 Å². The molecule has 1 aliphatic heterocycles. The van der Waals surface area contributed by atoms with Crippen LogP contribution in [-0.2, 0) is 19.9 Å². The molecule has 1 saturated heterocycles. The van der Waals surface area contributed by atoms with Crippen LogP contribution in [0.2, 0.25) is 0 Å². The van der Waals surface area contributed by atoms with E-state index in [0.717, 1.165) is 36.9 Å². The molecular formula is C25H35F3N2O3. The molecule has 0 atom stereocenters. The number of alkyl halides is 3. The fourth-order valence-electron chi connectivity index (χ4n) is 4.36. The number of benzene rings is 1. The predicted octanol–water partition coefficient (Wildman–Crippen LogP) is 5.36. The summed E-state index contributed by atoms with van der Waals surface area (Å²) in [5.41, 5.74) is 2.28. The highest BCUT2D eigenvalue weighted by molar-refractivity contribution is 5.97. The number of anilines is 1. The third kappa shape index (κ3) is 6.58. The zero-order valence-electron chi connectivity index (χ0n) is 20.0. The molecule has 0 bridgehead atoms. The van der Waals surface area contributed by atoms with Gasteiger partial charge in [0.1, 0.15) is 0 Å². The van der Waals surface area contributed by atoms with Crippen molar-refractivity contribution in [2.24, 2.45) is 5.41 Å².